The molecule has 3 rings (SSSR count). The van der Waals surface area contributed by atoms with Gasteiger partial charge in [0.1, 0.15) is 5.75 Å². The van der Waals surface area contributed by atoms with Crippen molar-refractivity contribution in [3.05, 3.63) is 41.5 Å². The number of hydrogen-bond donors (Lipinski definition) is 0. The molecule has 1 unspecified atom stereocenters. The number of rotatable bonds is 6. The Hall–Kier alpha value is -1.88. The van der Waals surface area contributed by atoms with Crippen molar-refractivity contribution in [3.8, 4) is 5.75 Å². The van der Waals surface area contributed by atoms with Gasteiger partial charge in [-0.2, -0.15) is 4.98 Å². The SMILES string of the molecule is CCCc1noc(CN2CCCC2c2ccc(OC)cc2)n1. The van der Waals surface area contributed by atoms with Crippen LogP contribution in [0.1, 0.15) is 49.5 Å². The average Bonchev–Trinajstić information content (AvgIpc) is 3.18. The quantitative estimate of drug-likeness (QED) is 0.819. The van der Waals surface area contributed by atoms with E-state index in [9.17, 15) is 0 Å². The summed E-state index contributed by atoms with van der Waals surface area (Å²) in [5.41, 5.74) is 1.33. The van der Waals surface area contributed by atoms with Crippen LogP contribution in [0.15, 0.2) is 28.8 Å². The Kier molecular flexibility index (Phi) is 4.73. The first-order valence-electron chi connectivity index (χ1n) is 7.99. The molecule has 1 aromatic heterocycles. The third-order valence-corrected chi connectivity index (χ3v) is 4.19. The topological polar surface area (TPSA) is 51.4 Å². The summed E-state index contributed by atoms with van der Waals surface area (Å²) in [6, 6.07) is 8.78. The number of benzene rings is 1. The lowest BCUT2D eigenvalue weighted by Gasteiger charge is -2.23. The molecule has 1 aromatic carbocycles. The minimum Gasteiger partial charge on any atom is -0.497 e. The Morgan fingerprint density at radius 1 is 1.32 bits per heavy atom. The Labute approximate surface area is 131 Å². The molecule has 0 spiro atoms. The van der Waals surface area contributed by atoms with Crippen LogP contribution in [0, 0.1) is 0 Å². The fourth-order valence-corrected chi connectivity index (χ4v) is 3.07. The first-order chi connectivity index (χ1) is 10.8. The van der Waals surface area contributed by atoms with Crippen molar-refractivity contribution >= 4 is 0 Å². The largest absolute Gasteiger partial charge is 0.497 e. The summed E-state index contributed by atoms with van der Waals surface area (Å²) >= 11 is 0. The van der Waals surface area contributed by atoms with Gasteiger partial charge in [0.2, 0.25) is 5.89 Å². The maximum Gasteiger partial charge on any atom is 0.240 e. The molecule has 2 heterocycles. The van der Waals surface area contributed by atoms with E-state index in [4.69, 9.17) is 9.26 Å². The van der Waals surface area contributed by atoms with E-state index in [1.165, 1.54) is 18.4 Å². The number of methoxy groups -OCH3 is 1. The molecule has 0 radical (unpaired) electrons. The molecule has 0 saturated carbocycles. The lowest BCUT2D eigenvalue weighted by atomic mass is 10.0. The zero-order valence-electron chi connectivity index (χ0n) is 13.3. The molecule has 0 aliphatic carbocycles. The van der Waals surface area contributed by atoms with Crippen molar-refractivity contribution < 1.29 is 9.26 Å². The molecule has 0 N–H and O–H groups in total. The third-order valence-electron chi connectivity index (χ3n) is 4.19. The molecule has 0 bridgehead atoms. The van der Waals surface area contributed by atoms with E-state index >= 15 is 0 Å². The summed E-state index contributed by atoms with van der Waals surface area (Å²) in [7, 11) is 1.69. The summed E-state index contributed by atoms with van der Waals surface area (Å²) in [5.74, 6) is 2.44. The Balaban J connectivity index is 1.69. The van der Waals surface area contributed by atoms with Crippen LogP contribution in [0.2, 0.25) is 0 Å². The fraction of sp³-hybridized carbons (Fsp3) is 0.529. The predicted octanol–water partition coefficient (Wildman–Crippen LogP) is 3.37. The van der Waals surface area contributed by atoms with Gasteiger partial charge in [-0.15, -0.1) is 0 Å². The summed E-state index contributed by atoms with van der Waals surface area (Å²) in [6.07, 6.45) is 4.29. The predicted molar refractivity (Wildman–Crippen MR) is 83.7 cm³/mol. The van der Waals surface area contributed by atoms with Gasteiger partial charge in [0.25, 0.3) is 0 Å². The number of aryl methyl sites for hydroxylation is 1. The summed E-state index contributed by atoms with van der Waals surface area (Å²) in [4.78, 5) is 6.90. The first kappa shape index (κ1) is 15.0. The minimum absolute atomic E-state index is 0.424. The lowest BCUT2D eigenvalue weighted by molar-refractivity contribution is 0.212. The van der Waals surface area contributed by atoms with Gasteiger partial charge >= 0.3 is 0 Å². The van der Waals surface area contributed by atoms with Gasteiger partial charge in [-0.1, -0.05) is 24.2 Å². The molecule has 1 aliphatic heterocycles. The fourth-order valence-electron chi connectivity index (χ4n) is 3.07. The maximum atomic E-state index is 5.38. The van der Waals surface area contributed by atoms with Crippen LogP contribution >= 0.6 is 0 Å². The second kappa shape index (κ2) is 6.92. The van der Waals surface area contributed by atoms with E-state index in [1.54, 1.807) is 7.11 Å². The zero-order chi connectivity index (χ0) is 15.4. The molecule has 0 amide bonds. The number of aromatic nitrogens is 2. The monoisotopic (exact) mass is 301 g/mol. The summed E-state index contributed by atoms with van der Waals surface area (Å²) < 4.78 is 10.6. The maximum absolute atomic E-state index is 5.38. The van der Waals surface area contributed by atoms with Gasteiger partial charge in [-0.25, -0.2) is 0 Å². The van der Waals surface area contributed by atoms with E-state index < -0.39 is 0 Å². The highest BCUT2D eigenvalue weighted by Gasteiger charge is 2.27. The summed E-state index contributed by atoms with van der Waals surface area (Å²) in [6.45, 7) is 3.92. The Morgan fingerprint density at radius 3 is 2.86 bits per heavy atom. The van der Waals surface area contributed by atoms with E-state index in [0.29, 0.717) is 6.04 Å². The van der Waals surface area contributed by atoms with Crippen LogP contribution in [0.3, 0.4) is 0 Å². The van der Waals surface area contributed by atoms with Gasteiger partial charge in [-0.05, 0) is 43.5 Å². The molecular formula is C17H23N3O2. The van der Waals surface area contributed by atoms with E-state index in [0.717, 1.165) is 43.4 Å². The van der Waals surface area contributed by atoms with Gasteiger partial charge in [-0.3, -0.25) is 4.90 Å². The van der Waals surface area contributed by atoms with Crippen molar-refractivity contribution in [2.75, 3.05) is 13.7 Å². The second-order valence-electron chi connectivity index (χ2n) is 5.76. The van der Waals surface area contributed by atoms with Crippen LogP contribution < -0.4 is 4.74 Å². The van der Waals surface area contributed by atoms with Crippen LogP contribution in [0.5, 0.6) is 5.75 Å². The van der Waals surface area contributed by atoms with Gasteiger partial charge in [0.05, 0.1) is 13.7 Å². The van der Waals surface area contributed by atoms with E-state index in [2.05, 4.69) is 34.1 Å². The molecule has 5 heteroatoms. The zero-order valence-corrected chi connectivity index (χ0v) is 13.3. The molecule has 5 nitrogen and oxygen atoms in total. The van der Waals surface area contributed by atoms with Gasteiger partial charge in [0.15, 0.2) is 5.82 Å². The standard InChI is InChI=1S/C17H23N3O2/c1-3-5-16-18-17(22-19-16)12-20-11-4-6-15(20)13-7-9-14(21-2)10-8-13/h7-10,15H,3-6,11-12H2,1-2H3. The highest BCUT2D eigenvalue weighted by molar-refractivity contribution is 5.29. The minimum atomic E-state index is 0.424. The molecule has 1 atom stereocenters. The van der Waals surface area contributed by atoms with Crippen molar-refractivity contribution in [2.45, 2.75) is 45.2 Å². The van der Waals surface area contributed by atoms with Crippen molar-refractivity contribution in [1.29, 1.82) is 0 Å². The second-order valence-corrected chi connectivity index (χ2v) is 5.76. The third kappa shape index (κ3) is 3.30. The first-order valence-corrected chi connectivity index (χ1v) is 7.99. The number of hydrogen-bond acceptors (Lipinski definition) is 5. The van der Waals surface area contributed by atoms with E-state index in [1.807, 2.05) is 12.1 Å². The molecule has 1 fully saturated rings. The van der Waals surface area contributed by atoms with Crippen LogP contribution in [-0.2, 0) is 13.0 Å². The van der Waals surface area contributed by atoms with Crippen molar-refractivity contribution in [3.63, 3.8) is 0 Å². The van der Waals surface area contributed by atoms with E-state index in [-0.39, 0.29) is 0 Å². The van der Waals surface area contributed by atoms with Crippen LogP contribution in [0.25, 0.3) is 0 Å². The normalized spacial score (nSPS) is 18.7. The van der Waals surface area contributed by atoms with Crippen LogP contribution in [-0.4, -0.2) is 28.7 Å². The molecular weight excluding hydrogens is 278 g/mol. The van der Waals surface area contributed by atoms with Gasteiger partial charge < -0.3 is 9.26 Å². The smallest absolute Gasteiger partial charge is 0.240 e. The molecule has 1 saturated heterocycles. The molecule has 1 aliphatic rings. The highest BCUT2D eigenvalue weighted by Crippen LogP contribution is 2.33. The summed E-state index contributed by atoms with van der Waals surface area (Å²) in [5, 5.41) is 4.04. The van der Waals surface area contributed by atoms with Crippen molar-refractivity contribution in [1.82, 2.24) is 15.0 Å². The number of ether oxygens (including phenoxy) is 1. The molecule has 2 aromatic rings. The average molecular weight is 301 g/mol. The number of likely N-dealkylation sites (tertiary alicyclic amines) is 1. The molecule has 22 heavy (non-hydrogen) atoms. The Bertz CT molecular complexity index is 594. The lowest BCUT2D eigenvalue weighted by Crippen LogP contribution is -2.22. The van der Waals surface area contributed by atoms with Crippen LogP contribution in [0.4, 0.5) is 0 Å². The number of nitrogens with zero attached hydrogens (tertiary/aromatic N) is 3. The highest BCUT2D eigenvalue weighted by atomic mass is 16.5. The Morgan fingerprint density at radius 2 is 2.14 bits per heavy atom. The van der Waals surface area contributed by atoms with Gasteiger partial charge in [0, 0.05) is 12.5 Å². The molecule has 118 valence electrons. The van der Waals surface area contributed by atoms with Crippen molar-refractivity contribution in [2.24, 2.45) is 0 Å².